The molecule has 0 spiro atoms. The number of aromatic nitrogens is 4. The van der Waals surface area contributed by atoms with Gasteiger partial charge in [0.05, 0.1) is 0 Å². The highest BCUT2D eigenvalue weighted by atomic mass is 16.5. The SMILES string of the molecule is C(=C\c1nnn[nH]1)/c1cccc(OCc2ccccc2)c1. The average molecular weight is 278 g/mol. The summed E-state index contributed by atoms with van der Waals surface area (Å²) in [5, 5.41) is 13.5. The molecule has 2 aromatic carbocycles. The highest BCUT2D eigenvalue weighted by Crippen LogP contribution is 2.16. The Kier molecular flexibility index (Phi) is 4.02. The highest BCUT2D eigenvalue weighted by molar-refractivity contribution is 5.66. The van der Waals surface area contributed by atoms with E-state index in [1.807, 2.05) is 66.7 Å². The van der Waals surface area contributed by atoms with E-state index in [2.05, 4.69) is 20.6 Å². The van der Waals surface area contributed by atoms with Crippen molar-refractivity contribution in [3.8, 4) is 5.75 Å². The minimum Gasteiger partial charge on any atom is -0.489 e. The van der Waals surface area contributed by atoms with E-state index < -0.39 is 0 Å². The van der Waals surface area contributed by atoms with Gasteiger partial charge in [-0.05, 0) is 39.8 Å². The maximum absolute atomic E-state index is 5.79. The summed E-state index contributed by atoms with van der Waals surface area (Å²) in [6.07, 6.45) is 3.74. The van der Waals surface area contributed by atoms with Gasteiger partial charge < -0.3 is 4.74 Å². The van der Waals surface area contributed by atoms with Crippen molar-refractivity contribution in [2.75, 3.05) is 0 Å². The number of H-pyrrole nitrogens is 1. The quantitative estimate of drug-likeness (QED) is 0.779. The molecule has 0 atom stereocenters. The van der Waals surface area contributed by atoms with Gasteiger partial charge in [0.2, 0.25) is 0 Å². The van der Waals surface area contributed by atoms with Crippen molar-refractivity contribution < 1.29 is 4.74 Å². The number of aromatic amines is 1. The first-order valence-corrected chi connectivity index (χ1v) is 6.59. The molecule has 0 aliphatic heterocycles. The molecule has 0 radical (unpaired) electrons. The molecule has 0 aliphatic rings. The van der Waals surface area contributed by atoms with Crippen molar-refractivity contribution in [3.05, 3.63) is 71.5 Å². The third-order valence-corrected chi connectivity index (χ3v) is 2.90. The van der Waals surface area contributed by atoms with Crippen LogP contribution in [0.4, 0.5) is 0 Å². The van der Waals surface area contributed by atoms with Gasteiger partial charge in [-0.15, -0.1) is 5.10 Å². The Balaban J connectivity index is 1.66. The van der Waals surface area contributed by atoms with Crippen molar-refractivity contribution in [1.82, 2.24) is 20.6 Å². The zero-order chi connectivity index (χ0) is 14.3. The lowest BCUT2D eigenvalue weighted by Gasteiger charge is -2.06. The topological polar surface area (TPSA) is 63.7 Å². The van der Waals surface area contributed by atoms with Crippen LogP contribution in [-0.4, -0.2) is 20.6 Å². The smallest absolute Gasteiger partial charge is 0.172 e. The second-order valence-electron chi connectivity index (χ2n) is 4.47. The van der Waals surface area contributed by atoms with Crippen molar-refractivity contribution in [2.45, 2.75) is 6.61 Å². The van der Waals surface area contributed by atoms with Gasteiger partial charge in [0.25, 0.3) is 0 Å². The standard InChI is InChI=1S/C16H14N4O/c1-2-5-14(6-3-1)12-21-15-8-4-7-13(11-15)9-10-16-17-19-20-18-16/h1-11H,12H2,(H,17,18,19,20)/b10-9+. The zero-order valence-electron chi connectivity index (χ0n) is 11.3. The highest BCUT2D eigenvalue weighted by Gasteiger charge is 1.97. The summed E-state index contributed by atoms with van der Waals surface area (Å²) in [4.78, 5) is 0. The van der Waals surface area contributed by atoms with Crippen LogP contribution in [0.1, 0.15) is 17.0 Å². The fourth-order valence-electron chi connectivity index (χ4n) is 1.86. The summed E-state index contributed by atoms with van der Waals surface area (Å²) >= 11 is 0. The number of hydrogen-bond donors (Lipinski definition) is 1. The fraction of sp³-hybridized carbons (Fsp3) is 0.0625. The number of ether oxygens (including phenoxy) is 1. The molecule has 0 fully saturated rings. The molecule has 5 heteroatoms. The van der Waals surface area contributed by atoms with Crippen LogP contribution in [0.2, 0.25) is 0 Å². The first kappa shape index (κ1) is 13.1. The number of tetrazole rings is 1. The predicted molar refractivity (Wildman–Crippen MR) is 80.3 cm³/mol. The molecule has 1 aromatic heterocycles. The molecule has 5 nitrogen and oxygen atoms in total. The third kappa shape index (κ3) is 3.76. The molecular weight excluding hydrogens is 264 g/mol. The van der Waals surface area contributed by atoms with E-state index >= 15 is 0 Å². The molecule has 0 aliphatic carbocycles. The Morgan fingerprint density at radius 3 is 2.71 bits per heavy atom. The van der Waals surface area contributed by atoms with Crippen LogP contribution in [0.5, 0.6) is 5.75 Å². The third-order valence-electron chi connectivity index (χ3n) is 2.90. The molecule has 21 heavy (non-hydrogen) atoms. The van der Waals surface area contributed by atoms with E-state index in [1.165, 1.54) is 0 Å². The fourth-order valence-corrected chi connectivity index (χ4v) is 1.86. The second-order valence-corrected chi connectivity index (χ2v) is 4.47. The molecular formula is C16H14N4O. The van der Waals surface area contributed by atoms with Gasteiger partial charge in [0, 0.05) is 0 Å². The Labute approximate surface area is 122 Å². The molecule has 3 aromatic rings. The van der Waals surface area contributed by atoms with Crippen molar-refractivity contribution in [1.29, 1.82) is 0 Å². The molecule has 0 unspecified atom stereocenters. The Bertz CT molecular complexity index is 708. The average Bonchev–Trinajstić information content (AvgIpc) is 3.06. The molecule has 0 bridgehead atoms. The van der Waals surface area contributed by atoms with Gasteiger partial charge in [-0.25, -0.2) is 5.10 Å². The lowest BCUT2D eigenvalue weighted by atomic mass is 10.2. The van der Waals surface area contributed by atoms with Crippen LogP contribution in [0.15, 0.2) is 54.6 Å². The van der Waals surface area contributed by atoms with Crippen LogP contribution in [0.3, 0.4) is 0 Å². The van der Waals surface area contributed by atoms with E-state index in [0.717, 1.165) is 16.9 Å². The molecule has 1 N–H and O–H groups in total. The van der Waals surface area contributed by atoms with Gasteiger partial charge in [-0.3, -0.25) is 0 Å². The number of nitrogens with zero attached hydrogens (tertiary/aromatic N) is 3. The summed E-state index contributed by atoms with van der Waals surface area (Å²) < 4.78 is 5.79. The number of benzene rings is 2. The minimum atomic E-state index is 0.556. The second kappa shape index (κ2) is 6.47. The minimum absolute atomic E-state index is 0.556. The predicted octanol–water partition coefficient (Wildman–Crippen LogP) is 2.95. The normalized spacial score (nSPS) is 10.9. The van der Waals surface area contributed by atoms with Crippen molar-refractivity contribution in [3.63, 3.8) is 0 Å². The summed E-state index contributed by atoms with van der Waals surface area (Å²) in [7, 11) is 0. The Hall–Kier alpha value is -2.95. The lowest BCUT2D eigenvalue weighted by molar-refractivity contribution is 0.306. The molecule has 0 saturated heterocycles. The summed E-state index contributed by atoms with van der Waals surface area (Å²) in [5.41, 5.74) is 2.17. The monoisotopic (exact) mass is 278 g/mol. The largest absolute Gasteiger partial charge is 0.489 e. The van der Waals surface area contributed by atoms with Crippen LogP contribution >= 0.6 is 0 Å². The lowest BCUT2D eigenvalue weighted by Crippen LogP contribution is -1.94. The number of nitrogens with one attached hydrogen (secondary N) is 1. The first-order valence-electron chi connectivity index (χ1n) is 6.59. The van der Waals surface area contributed by atoms with E-state index in [-0.39, 0.29) is 0 Å². The van der Waals surface area contributed by atoms with Crippen LogP contribution in [0.25, 0.3) is 12.2 Å². The summed E-state index contributed by atoms with van der Waals surface area (Å²) in [6.45, 7) is 0.556. The van der Waals surface area contributed by atoms with Gasteiger partial charge >= 0.3 is 0 Å². The molecule has 0 amide bonds. The maximum Gasteiger partial charge on any atom is 0.172 e. The molecule has 3 rings (SSSR count). The Morgan fingerprint density at radius 1 is 1.00 bits per heavy atom. The van der Waals surface area contributed by atoms with Crippen LogP contribution < -0.4 is 4.74 Å². The number of hydrogen-bond acceptors (Lipinski definition) is 4. The maximum atomic E-state index is 5.79. The summed E-state index contributed by atoms with van der Waals surface area (Å²) in [5.74, 6) is 1.45. The molecule has 104 valence electrons. The van der Waals surface area contributed by atoms with Gasteiger partial charge in [-0.1, -0.05) is 48.5 Å². The van der Waals surface area contributed by atoms with Crippen LogP contribution in [0, 0.1) is 0 Å². The molecule has 1 heterocycles. The van der Waals surface area contributed by atoms with E-state index in [9.17, 15) is 0 Å². The van der Waals surface area contributed by atoms with E-state index in [0.29, 0.717) is 12.4 Å². The first-order chi connectivity index (χ1) is 10.4. The van der Waals surface area contributed by atoms with E-state index in [4.69, 9.17) is 4.74 Å². The van der Waals surface area contributed by atoms with Gasteiger partial charge in [0.1, 0.15) is 12.4 Å². The van der Waals surface area contributed by atoms with E-state index in [1.54, 1.807) is 0 Å². The zero-order valence-corrected chi connectivity index (χ0v) is 11.3. The number of rotatable bonds is 5. The van der Waals surface area contributed by atoms with Crippen LogP contribution in [-0.2, 0) is 6.61 Å². The van der Waals surface area contributed by atoms with Crippen molar-refractivity contribution >= 4 is 12.2 Å². The Morgan fingerprint density at radius 2 is 1.90 bits per heavy atom. The molecule has 0 saturated carbocycles. The summed E-state index contributed by atoms with van der Waals surface area (Å²) in [6, 6.07) is 18.0. The van der Waals surface area contributed by atoms with Crippen molar-refractivity contribution in [2.24, 2.45) is 0 Å². The van der Waals surface area contributed by atoms with Gasteiger partial charge in [0.15, 0.2) is 5.82 Å². The van der Waals surface area contributed by atoms with Gasteiger partial charge in [-0.2, -0.15) is 0 Å².